The zero-order chi connectivity index (χ0) is 23.8. The number of hydrogen-bond donors (Lipinski definition) is 1. The van der Waals surface area contributed by atoms with Gasteiger partial charge in [-0.1, -0.05) is 12.1 Å². The number of nitrogens with two attached hydrogens (primary N) is 1. The maximum Gasteiger partial charge on any atom is 0.286 e. The summed E-state index contributed by atoms with van der Waals surface area (Å²) in [6.07, 6.45) is 1.23. The monoisotopic (exact) mass is 538 g/mol. The van der Waals surface area contributed by atoms with Crippen molar-refractivity contribution in [1.29, 1.82) is 0 Å². The van der Waals surface area contributed by atoms with Gasteiger partial charge in [0.25, 0.3) is 5.92 Å². The minimum absolute atomic E-state index is 0. The van der Waals surface area contributed by atoms with Crippen molar-refractivity contribution < 1.29 is 21.6 Å². The van der Waals surface area contributed by atoms with Gasteiger partial charge in [-0.25, -0.2) is 22.1 Å². The van der Waals surface area contributed by atoms with Crippen molar-refractivity contribution in [2.75, 3.05) is 20.6 Å². The van der Waals surface area contributed by atoms with E-state index in [0.717, 1.165) is 11.2 Å². The van der Waals surface area contributed by atoms with E-state index in [1.165, 1.54) is 44.4 Å². The number of nitrogens with zero attached hydrogens (tertiary/aromatic N) is 3. The van der Waals surface area contributed by atoms with E-state index in [9.17, 15) is 21.6 Å². The molecule has 34 heavy (non-hydrogen) atoms. The fraction of sp³-hybridized carbons (Fsp3) is 0.318. The van der Waals surface area contributed by atoms with Crippen LogP contribution in [-0.4, -0.2) is 42.9 Å². The SMILES string of the molecule is Cc1c(-c2cccc(S(=O)(=O)N(C)C)c2)c2nc(C(C)(F)F)ccc2n1CC(F)=CCN.Cl.Cl. The molecular weight excluding hydrogens is 512 g/mol. The van der Waals surface area contributed by atoms with Crippen LogP contribution in [0.3, 0.4) is 0 Å². The third-order valence-electron chi connectivity index (χ3n) is 5.17. The summed E-state index contributed by atoms with van der Waals surface area (Å²) in [6, 6.07) is 8.84. The van der Waals surface area contributed by atoms with E-state index in [1.807, 2.05) is 0 Å². The highest BCUT2D eigenvalue weighted by Gasteiger charge is 2.28. The van der Waals surface area contributed by atoms with Gasteiger partial charge in [-0.2, -0.15) is 8.78 Å². The number of hydrogen-bond acceptors (Lipinski definition) is 4. The first-order chi connectivity index (χ1) is 14.9. The molecule has 12 heteroatoms. The summed E-state index contributed by atoms with van der Waals surface area (Å²) in [5.41, 5.74) is 7.15. The largest absolute Gasteiger partial charge is 0.336 e. The van der Waals surface area contributed by atoms with Crippen LogP contribution in [0.5, 0.6) is 0 Å². The maximum atomic E-state index is 14.3. The van der Waals surface area contributed by atoms with Crippen LogP contribution in [-0.2, 0) is 22.5 Å². The number of allylic oxidation sites excluding steroid dienone is 1. The Morgan fingerprint density at radius 2 is 1.85 bits per heavy atom. The van der Waals surface area contributed by atoms with E-state index in [1.54, 1.807) is 23.6 Å². The molecular formula is C22H27Cl2F3N4O2S. The molecule has 0 fully saturated rings. The second kappa shape index (κ2) is 11.1. The smallest absolute Gasteiger partial charge is 0.286 e. The lowest BCUT2D eigenvalue weighted by Gasteiger charge is -2.13. The summed E-state index contributed by atoms with van der Waals surface area (Å²) in [5, 5.41) is 0. The standard InChI is InChI=1S/C22H25F3N4O2S.2ClH/c1-14-20(15-6-5-7-17(12-15)32(30,31)28(3)4)21-18(29(14)13-16(23)10-11-26)8-9-19(27-21)22(2,24)25;;/h5-10,12H,11,13,26H2,1-4H3;2*1H. The zero-order valence-corrected chi connectivity index (χ0v) is 21.5. The molecule has 0 aliphatic rings. The number of sulfonamides is 1. The van der Waals surface area contributed by atoms with Crippen molar-refractivity contribution >= 4 is 45.9 Å². The van der Waals surface area contributed by atoms with Gasteiger partial charge >= 0.3 is 0 Å². The van der Waals surface area contributed by atoms with E-state index in [0.29, 0.717) is 22.3 Å². The van der Waals surface area contributed by atoms with Crippen LogP contribution in [0.15, 0.2) is 53.2 Å². The molecule has 3 aromatic rings. The molecule has 0 spiro atoms. The van der Waals surface area contributed by atoms with Gasteiger partial charge in [0.05, 0.1) is 22.5 Å². The number of halogens is 5. The van der Waals surface area contributed by atoms with E-state index in [-0.39, 0.29) is 48.3 Å². The molecule has 3 rings (SSSR count). The quantitative estimate of drug-likeness (QED) is 0.457. The lowest BCUT2D eigenvalue weighted by Crippen LogP contribution is -2.22. The van der Waals surface area contributed by atoms with Gasteiger partial charge in [0.1, 0.15) is 11.5 Å². The summed E-state index contributed by atoms with van der Waals surface area (Å²) in [5.74, 6) is -3.66. The van der Waals surface area contributed by atoms with Crippen molar-refractivity contribution in [3.05, 3.63) is 59.7 Å². The van der Waals surface area contributed by atoms with Crippen molar-refractivity contribution in [2.24, 2.45) is 5.73 Å². The van der Waals surface area contributed by atoms with Gasteiger partial charge in [0, 0.05) is 38.8 Å². The van der Waals surface area contributed by atoms with E-state index < -0.39 is 27.5 Å². The number of alkyl halides is 2. The van der Waals surface area contributed by atoms with Crippen LogP contribution in [0.2, 0.25) is 0 Å². The van der Waals surface area contributed by atoms with Crippen LogP contribution in [0, 0.1) is 6.92 Å². The number of benzene rings is 1. The summed E-state index contributed by atoms with van der Waals surface area (Å²) < 4.78 is 70.3. The average Bonchev–Trinajstić information content (AvgIpc) is 2.98. The van der Waals surface area contributed by atoms with Gasteiger partial charge in [-0.15, -0.1) is 24.8 Å². The molecule has 0 radical (unpaired) electrons. The van der Waals surface area contributed by atoms with Gasteiger partial charge in [-0.3, -0.25) is 0 Å². The van der Waals surface area contributed by atoms with Gasteiger partial charge < -0.3 is 10.3 Å². The summed E-state index contributed by atoms with van der Waals surface area (Å²) in [4.78, 5) is 4.23. The first-order valence-corrected chi connectivity index (χ1v) is 11.3. The normalized spacial score (nSPS) is 12.6. The van der Waals surface area contributed by atoms with Crippen LogP contribution in [0.4, 0.5) is 13.2 Å². The van der Waals surface area contributed by atoms with Gasteiger partial charge in [-0.05, 0) is 42.8 Å². The molecule has 0 unspecified atom stereocenters. The number of aromatic nitrogens is 2. The second-order valence-electron chi connectivity index (χ2n) is 7.70. The minimum atomic E-state index is -3.72. The van der Waals surface area contributed by atoms with Crippen molar-refractivity contribution in [3.8, 4) is 11.1 Å². The second-order valence-corrected chi connectivity index (χ2v) is 9.85. The summed E-state index contributed by atoms with van der Waals surface area (Å²) in [6.45, 7) is 2.33. The molecule has 188 valence electrons. The number of pyridine rings is 1. The Morgan fingerprint density at radius 1 is 1.21 bits per heavy atom. The fourth-order valence-electron chi connectivity index (χ4n) is 3.50. The topological polar surface area (TPSA) is 81.2 Å². The van der Waals surface area contributed by atoms with Gasteiger partial charge in [0.15, 0.2) is 0 Å². The van der Waals surface area contributed by atoms with Crippen LogP contribution < -0.4 is 5.73 Å². The minimum Gasteiger partial charge on any atom is -0.336 e. The van der Waals surface area contributed by atoms with Crippen molar-refractivity contribution in [2.45, 2.75) is 31.2 Å². The molecule has 0 saturated heterocycles. The molecule has 6 nitrogen and oxygen atoms in total. The van der Waals surface area contributed by atoms with Crippen molar-refractivity contribution in [1.82, 2.24) is 13.9 Å². The van der Waals surface area contributed by atoms with Gasteiger partial charge in [0.2, 0.25) is 10.0 Å². The summed E-state index contributed by atoms with van der Waals surface area (Å²) >= 11 is 0. The molecule has 0 bridgehead atoms. The predicted molar refractivity (Wildman–Crippen MR) is 133 cm³/mol. The molecule has 2 heterocycles. The molecule has 0 saturated carbocycles. The van der Waals surface area contributed by atoms with Crippen LogP contribution in [0.1, 0.15) is 18.3 Å². The Hall–Kier alpha value is -2.11. The first-order valence-electron chi connectivity index (χ1n) is 9.83. The van der Waals surface area contributed by atoms with E-state index in [4.69, 9.17) is 5.73 Å². The Bertz CT molecular complexity index is 1300. The molecule has 0 atom stereocenters. The highest BCUT2D eigenvalue weighted by Crippen LogP contribution is 2.37. The lowest BCUT2D eigenvalue weighted by atomic mass is 10.0. The first kappa shape index (κ1) is 29.9. The molecule has 2 N–H and O–H groups in total. The third kappa shape index (κ3) is 5.75. The summed E-state index contributed by atoms with van der Waals surface area (Å²) in [7, 11) is -0.882. The predicted octanol–water partition coefficient (Wildman–Crippen LogP) is 5.03. The molecule has 2 aromatic heterocycles. The van der Waals surface area contributed by atoms with Crippen molar-refractivity contribution in [3.63, 3.8) is 0 Å². The molecule has 1 aromatic carbocycles. The number of fused-ring (bicyclic) bond motifs is 1. The number of rotatable bonds is 7. The highest BCUT2D eigenvalue weighted by atomic mass is 35.5. The fourth-order valence-corrected chi connectivity index (χ4v) is 4.45. The highest BCUT2D eigenvalue weighted by molar-refractivity contribution is 7.89. The zero-order valence-electron chi connectivity index (χ0n) is 19.0. The third-order valence-corrected chi connectivity index (χ3v) is 6.98. The molecule has 0 aliphatic carbocycles. The Labute approximate surface area is 209 Å². The lowest BCUT2D eigenvalue weighted by molar-refractivity contribution is 0.0131. The van der Waals surface area contributed by atoms with E-state index in [2.05, 4.69) is 4.98 Å². The average molecular weight is 539 g/mol. The maximum absolute atomic E-state index is 14.3. The Kier molecular flexibility index (Phi) is 9.76. The Morgan fingerprint density at radius 3 is 2.41 bits per heavy atom. The van der Waals surface area contributed by atoms with E-state index >= 15 is 0 Å². The van der Waals surface area contributed by atoms with Crippen LogP contribution >= 0.6 is 24.8 Å². The molecule has 0 amide bonds. The Balaban J connectivity index is 0.00000289. The molecule has 0 aliphatic heterocycles. The van der Waals surface area contributed by atoms with Crippen LogP contribution in [0.25, 0.3) is 22.2 Å².